The summed E-state index contributed by atoms with van der Waals surface area (Å²) >= 11 is 0. The second kappa shape index (κ2) is 7.61. The molecular weight excluding hydrogens is 370 g/mol. The SMILES string of the molecule is Cc1nc(N2CCN(C(=O)CN(C)S(C)(=O)=O)CC2)cc(-n2cccn2)n1. The number of aromatic nitrogens is 4. The first-order valence-corrected chi connectivity index (χ1v) is 10.4. The van der Waals surface area contributed by atoms with E-state index in [1.54, 1.807) is 15.8 Å². The molecule has 0 spiro atoms. The third kappa shape index (κ3) is 4.61. The Labute approximate surface area is 158 Å². The number of likely N-dealkylation sites (N-methyl/N-ethyl adjacent to an activating group) is 1. The van der Waals surface area contributed by atoms with Gasteiger partial charge in [0.15, 0.2) is 5.82 Å². The summed E-state index contributed by atoms with van der Waals surface area (Å²) in [6.07, 6.45) is 4.60. The fourth-order valence-electron chi connectivity index (χ4n) is 2.81. The van der Waals surface area contributed by atoms with Gasteiger partial charge in [0, 0.05) is 51.7 Å². The van der Waals surface area contributed by atoms with Gasteiger partial charge in [0.05, 0.1) is 12.8 Å². The van der Waals surface area contributed by atoms with Gasteiger partial charge in [-0.25, -0.2) is 23.1 Å². The Kier molecular flexibility index (Phi) is 5.42. The first-order chi connectivity index (χ1) is 12.7. The molecule has 1 saturated heterocycles. The van der Waals surface area contributed by atoms with Crippen molar-refractivity contribution in [3.8, 4) is 5.82 Å². The van der Waals surface area contributed by atoms with Crippen molar-refractivity contribution in [2.45, 2.75) is 6.92 Å². The van der Waals surface area contributed by atoms with Crippen molar-refractivity contribution < 1.29 is 13.2 Å². The van der Waals surface area contributed by atoms with Crippen LogP contribution in [0.3, 0.4) is 0 Å². The van der Waals surface area contributed by atoms with Crippen LogP contribution in [0.5, 0.6) is 0 Å². The summed E-state index contributed by atoms with van der Waals surface area (Å²) in [5.74, 6) is 1.93. The maximum absolute atomic E-state index is 12.3. The largest absolute Gasteiger partial charge is 0.353 e. The normalized spacial score (nSPS) is 15.4. The predicted octanol–water partition coefficient (Wildman–Crippen LogP) is -0.489. The standard InChI is InChI=1S/C16H23N7O3S/c1-13-18-14(11-15(19-13)23-6-4-5-17-23)21-7-9-22(10-8-21)16(24)12-20(2)27(3,25)26/h4-6,11H,7-10,12H2,1-3H3. The molecule has 10 nitrogen and oxygen atoms in total. The van der Waals surface area contributed by atoms with Crippen LogP contribution in [0, 0.1) is 6.92 Å². The number of anilines is 1. The van der Waals surface area contributed by atoms with E-state index in [2.05, 4.69) is 20.0 Å². The van der Waals surface area contributed by atoms with Crippen molar-refractivity contribution >= 4 is 21.7 Å². The molecule has 0 unspecified atom stereocenters. The van der Waals surface area contributed by atoms with Crippen LogP contribution in [0.15, 0.2) is 24.5 Å². The number of rotatable bonds is 5. The minimum absolute atomic E-state index is 0.144. The zero-order chi connectivity index (χ0) is 19.6. The van der Waals surface area contributed by atoms with Gasteiger partial charge in [0.2, 0.25) is 15.9 Å². The van der Waals surface area contributed by atoms with Crippen LogP contribution in [-0.2, 0) is 14.8 Å². The van der Waals surface area contributed by atoms with Gasteiger partial charge in [0.1, 0.15) is 11.6 Å². The van der Waals surface area contributed by atoms with Gasteiger partial charge in [-0.1, -0.05) is 0 Å². The van der Waals surface area contributed by atoms with Gasteiger partial charge in [-0.3, -0.25) is 4.79 Å². The number of piperazine rings is 1. The van der Waals surface area contributed by atoms with E-state index in [1.165, 1.54) is 7.05 Å². The molecule has 1 aliphatic rings. The van der Waals surface area contributed by atoms with Crippen LogP contribution in [0.25, 0.3) is 5.82 Å². The molecule has 0 N–H and O–H groups in total. The summed E-state index contributed by atoms with van der Waals surface area (Å²) in [7, 11) is -1.96. The first-order valence-electron chi connectivity index (χ1n) is 8.54. The first kappa shape index (κ1) is 19.2. The van der Waals surface area contributed by atoms with E-state index in [1.807, 2.05) is 25.3 Å². The van der Waals surface area contributed by atoms with Crippen molar-refractivity contribution in [3.05, 3.63) is 30.4 Å². The van der Waals surface area contributed by atoms with E-state index in [-0.39, 0.29) is 12.5 Å². The van der Waals surface area contributed by atoms with Crippen LogP contribution in [0.1, 0.15) is 5.82 Å². The lowest BCUT2D eigenvalue weighted by molar-refractivity contribution is -0.131. The monoisotopic (exact) mass is 393 g/mol. The number of carbonyl (C=O) groups is 1. The Morgan fingerprint density at radius 1 is 1.19 bits per heavy atom. The molecule has 1 amide bonds. The number of aryl methyl sites for hydroxylation is 1. The second-order valence-electron chi connectivity index (χ2n) is 6.47. The highest BCUT2D eigenvalue weighted by Gasteiger charge is 2.25. The number of hydrogen-bond acceptors (Lipinski definition) is 7. The zero-order valence-electron chi connectivity index (χ0n) is 15.6. The maximum Gasteiger partial charge on any atom is 0.238 e. The number of sulfonamides is 1. The summed E-state index contributed by atoms with van der Waals surface area (Å²) < 4.78 is 25.7. The van der Waals surface area contributed by atoms with E-state index in [9.17, 15) is 13.2 Å². The Balaban J connectivity index is 1.65. The molecule has 3 rings (SSSR count). The molecule has 0 aliphatic carbocycles. The third-order valence-electron chi connectivity index (χ3n) is 4.43. The quantitative estimate of drug-likeness (QED) is 0.675. The van der Waals surface area contributed by atoms with Gasteiger partial charge in [-0.15, -0.1) is 0 Å². The van der Waals surface area contributed by atoms with E-state index >= 15 is 0 Å². The minimum atomic E-state index is -3.37. The average Bonchev–Trinajstić information content (AvgIpc) is 3.15. The molecule has 146 valence electrons. The molecule has 1 aliphatic heterocycles. The predicted molar refractivity (Wildman–Crippen MR) is 100 cm³/mol. The topological polar surface area (TPSA) is 105 Å². The molecule has 2 aromatic rings. The van der Waals surface area contributed by atoms with Gasteiger partial charge in [-0.05, 0) is 13.0 Å². The smallest absolute Gasteiger partial charge is 0.238 e. The molecule has 1 fully saturated rings. The minimum Gasteiger partial charge on any atom is -0.353 e. The number of nitrogens with zero attached hydrogens (tertiary/aromatic N) is 7. The van der Waals surface area contributed by atoms with Gasteiger partial charge in [0.25, 0.3) is 0 Å². The Morgan fingerprint density at radius 2 is 1.85 bits per heavy atom. The van der Waals surface area contributed by atoms with E-state index in [0.29, 0.717) is 37.8 Å². The fourth-order valence-corrected chi connectivity index (χ4v) is 3.16. The zero-order valence-corrected chi connectivity index (χ0v) is 16.4. The van der Waals surface area contributed by atoms with E-state index in [4.69, 9.17) is 0 Å². The Bertz CT molecular complexity index is 906. The lowest BCUT2D eigenvalue weighted by atomic mass is 10.3. The molecule has 3 heterocycles. The van der Waals surface area contributed by atoms with Crippen molar-refractivity contribution in [1.29, 1.82) is 0 Å². The number of hydrogen-bond donors (Lipinski definition) is 0. The lowest BCUT2D eigenvalue weighted by Crippen LogP contribution is -2.51. The molecule has 27 heavy (non-hydrogen) atoms. The van der Waals surface area contributed by atoms with Crippen LogP contribution in [0.4, 0.5) is 5.82 Å². The second-order valence-corrected chi connectivity index (χ2v) is 8.56. The molecule has 0 saturated carbocycles. The highest BCUT2D eigenvalue weighted by atomic mass is 32.2. The van der Waals surface area contributed by atoms with Crippen molar-refractivity contribution in [1.82, 2.24) is 29.0 Å². The van der Waals surface area contributed by atoms with Gasteiger partial charge < -0.3 is 9.80 Å². The van der Waals surface area contributed by atoms with Crippen LogP contribution in [0.2, 0.25) is 0 Å². The summed E-state index contributed by atoms with van der Waals surface area (Å²) in [4.78, 5) is 25.0. The van der Waals surface area contributed by atoms with Crippen LogP contribution < -0.4 is 4.90 Å². The highest BCUT2D eigenvalue weighted by molar-refractivity contribution is 7.88. The molecule has 11 heteroatoms. The van der Waals surface area contributed by atoms with Crippen molar-refractivity contribution in [3.63, 3.8) is 0 Å². The van der Waals surface area contributed by atoms with E-state index in [0.717, 1.165) is 16.4 Å². The number of carbonyl (C=O) groups excluding carboxylic acids is 1. The molecule has 0 aromatic carbocycles. The van der Waals surface area contributed by atoms with Crippen molar-refractivity contribution in [2.75, 3.05) is 50.9 Å². The average molecular weight is 393 g/mol. The molecule has 2 aromatic heterocycles. The van der Waals surface area contributed by atoms with Gasteiger partial charge in [-0.2, -0.15) is 9.40 Å². The maximum atomic E-state index is 12.3. The Morgan fingerprint density at radius 3 is 2.44 bits per heavy atom. The third-order valence-corrected chi connectivity index (χ3v) is 5.69. The van der Waals surface area contributed by atoms with E-state index < -0.39 is 10.0 Å². The summed E-state index contributed by atoms with van der Waals surface area (Å²) in [5, 5.41) is 4.20. The molecule has 0 atom stereocenters. The van der Waals surface area contributed by atoms with Crippen molar-refractivity contribution in [2.24, 2.45) is 0 Å². The summed E-state index contributed by atoms with van der Waals surface area (Å²) in [6.45, 7) is 3.94. The molecule has 0 radical (unpaired) electrons. The Hall–Kier alpha value is -2.53. The molecule has 0 bridgehead atoms. The summed E-state index contributed by atoms with van der Waals surface area (Å²) in [6, 6.07) is 3.70. The molecular formula is C16H23N7O3S. The lowest BCUT2D eigenvalue weighted by Gasteiger charge is -2.36. The fraction of sp³-hybridized carbons (Fsp3) is 0.500. The highest BCUT2D eigenvalue weighted by Crippen LogP contribution is 2.17. The number of amides is 1. The summed E-state index contributed by atoms with van der Waals surface area (Å²) in [5.41, 5.74) is 0. The van der Waals surface area contributed by atoms with Gasteiger partial charge >= 0.3 is 0 Å². The van der Waals surface area contributed by atoms with Crippen LogP contribution >= 0.6 is 0 Å². The van der Waals surface area contributed by atoms with Crippen LogP contribution in [-0.4, -0.2) is 89.3 Å².